The molecular formula is C61H38N4OS. The first kappa shape index (κ1) is 37.8. The number of furan rings is 1. The van der Waals surface area contributed by atoms with Crippen LogP contribution in [0.25, 0.3) is 143 Å². The molecule has 0 unspecified atom stereocenters. The standard InChI is InChI=1S/C61H38N4OS/c1-3-15-42-36(4-2)25-31-50-54(42)46-34-39(26-29-48(46)64(50)41-19-9-6-10-20-41)40-27-30-49-47(35-40)55-51(32-33-52-56(55)45-28-24-37-16-11-12-21-43(37)59(45)66-52)65(49)61-62-57(38-17-7-5-8-18-38)60-58(63-61)44-22-13-14-23-53(44)67-60/h3-35H,2H2,1H3/b15-3-. The average Bonchev–Trinajstić information content (AvgIpc) is 4.14. The molecule has 5 heterocycles. The van der Waals surface area contributed by atoms with Gasteiger partial charge < -0.3 is 8.98 Å². The largest absolute Gasteiger partial charge is 0.455 e. The predicted octanol–water partition coefficient (Wildman–Crippen LogP) is 17.1. The smallest absolute Gasteiger partial charge is 0.235 e. The number of benzene rings is 9. The highest BCUT2D eigenvalue weighted by atomic mass is 32.1. The number of thiophene rings is 1. The van der Waals surface area contributed by atoms with Crippen molar-refractivity contribution in [1.29, 1.82) is 0 Å². The first-order valence-corrected chi connectivity index (χ1v) is 23.4. The van der Waals surface area contributed by atoms with Crippen molar-refractivity contribution in [1.82, 2.24) is 19.1 Å². The minimum Gasteiger partial charge on any atom is -0.455 e. The molecular weight excluding hydrogens is 837 g/mol. The van der Waals surface area contributed by atoms with Crippen molar-refractivity contribution in [3.8, 4) is 34.0 Å². The Hall–Kier alpha value is -8.58. The van der Waals surface area contributed by atoms with E-state index in [0.29, 0.717) is 5.95 Å². The van der Waals surface area contributed by atoms with E-state index in [2.05, 4.69) is 217 Å². The lowest BCUT2D eigenvalue weighted by Gasteiger charge is -2.10. The average molecular weight is 875 g/mol. The molecule has 5 aromatic heterocycles. The number of aromatic nitrogens is 4. The molecule has 0 spiro atoms. The molecule has 9 aromatic carbocycles. The van der Waals surface area contributed by atoms with Gasteiger partial charge in [-0.25, -0.2) is 9.97 Å². The first-order chi connectivity index (χ1) is 33.1. The molecule has 5 nitrogen and oxygen atoms in total. The van der Waals surface area contributed by atoms with Gasteiger partial charge in [-0.2, -0.15) is 0 Å². The minimum atomic E-state index is 0.630. The summed E-state index contributed by atoms with van der Waals surface area (Å²) < 4.78 is 13.8. The van der Waals surface area contributed by atoms with Gasteiger partial charge in [-0.05, 0) is 101 Å². The highest BCUT2D eigenvalue weighted by Gasteiger charge is 2.24. The van der Waals surface area contributed by atoms with Gasteiger partial charge >= 0.3 is 0 Å². The number of fused-ring (bicyclic) bond motifs is 15. The van der Waals surface area contributed by atoms with Crippen LogP contribution in [0.5, 0.6) is 0 Å². The molecule has 14 aromatic rings. The monoisotopic (exact) mass is 874 g/mol. The van der Waals surface area contributed by atoms with Gasteiger partial charge in [-0.15, -0.1) is 11.3 Å². The van der Waals surface area contributed by atoms with Crippen molar-refractivity contribution in [2.75, 3.05) is 0 Å². The van der Waals surface area contributed by atoms with Crippen molar-refractivity contribution in [3.63, 3.8) is 0 Å². The molecule has 0 fully saturated rings. The van der Waals surface area contributed by atoms with E-state index in [9.17, 15) is 0 Å². The molecule has 0 bridgehead atoms. The molecule has 0 atom stereocenters. The summed E-state index contributed by atoms with van der Waals surface area (Å²) in [5, 5.41) is 10.1. The van der Waals surface area contributed by atoms with Crippen LogP contribution >= 0.6 is 11.3 Å². The fourth-order valence-corrected chi connectivity index (χ4v) is 11.8. The molecule has 0 aliphatic carbocycles. The normalized spacial score (nSPS) is 12.3. The lowest BCUT2D eigenvalue weighted by molar-refractivity contribution is 0.673. The summed E-state index contributed by atoms with van der Waals surface area (Å²) in [6.45, 7) is 6.29. The van der Waals surface area contributed by atoms with E-state index in [0.717, 1.165) is 120 Å². The number of nitrogens with zero attached hydrogens (tertiary/aromatic N) is 4. The van der Waals surface area contributed by atoms with E-state index < -0.39 is 0 Å². The number of hydrogen-bond acceptors (Lipinski definition) is 4. The third-order valence-corrected chi connectivity index (χ3v) is 14.8. The molecule has 0 aliphatic rings. The zero-order valence-corrected chi connectivity index (χ0v) is 37.2. The maximum Gasteiger partial charge on any atom is 0.235 e. The summed E-state index contributed by atoms with van der Waals surface area (Å²) in [6, 6.07) is 65.1. The Morgan fingerprint density at radius 2 is 1.21 bits per heavy atom. The van der Waals surface area contributed by atoms with Gasteiger partial charge in [0, 0.05) is 59.0 Å². The van der Waals surface area contributed by atoms with Crippen LogP contribution in [0.2, 0.25) is 0 Å². The number of rotatable bonds is 6. The fraction of sp³-hybridized carbons (Fsp3) is 0.0164. The van der Waals surface area contributed by atoms with Crippen LogP contribution in [0, 0.1) is 0 Å². The Labute approximate surface area is 388 Å². The minimum absolute atomic E-state index is 0.630. The van der Waals surface area contributed by atoms with Gasteiger partial charge in [0.05, 0.1) is 38.0 Å². The molecule has 0 aliphatic heterocycles. The molecule has 0 amide bonds. The van der Waals surface area contributed by atoms with Crippen molar-refractivity contribution >= 4 is 120 Å². The SMILES string of the molecule is C=Cc1ccc2c(c1/C=C\C)c1cc(-c3ccc4c(c3)c3c5c(ccc3n4-c3nc(-c4ccccc4)c4sc6ccccc6c4n3)oc3c4ccccc4ccc35)ccc1n2-c1ccccc1. The van der Waals surface area contributed by atoms with Gasteiger partial charge in [0.25, 0.3) is 0 Å². The number of allylic oxidation sites excluding steroid dienone is 1. The summed E-state index contributed by atoms with van der Waals surface area (Å²) in [6.07, 6.45) is 6.30. The van der Waals surface area contributed by atoms with Crippen LogP contribution in [0.15, 0.2) is 199 Å². The molecule has 0 saturated heterocycles. The topological polar surface area (TPSA) is 48.8 Å². The second-order valence-electron chi connectivity index (χ2n) is 17.2. The second kappa shape index (κ2) is 14.5. The van der Waals surface area contributed by atoms with E-state index in [1.165, 1.54) is 15.5 Å². The number of hydrogen-bond donors (Lipinski definition) is 0. The van der Waals surface area contributed by atoms with E-state index in [-0.39, 0.29) is 0 Å². The molecule has 67 heavy (non-hydrogen) atoms. The van der Waals surface area contributed by atoms with Gasteiger partial charge in [0.15, 0.2) is 0 Å². The third kappa shape index (κ3) is 5.48. The quantitative estimate of drug-likeness (QED) is 0.167. The Bertz CT molecular complexity index is 4410. The van der Waals surface area contributed by atoms with Crippen LogP contribution in [0.1, 0.15) is 18.1 Å². The Morgan fingerprint density at radius 3 is 2.00 bits per heavy atom. The predicted molar refractivity (Wildman–Crippen MR) is 284 cm³/mol. The second-order valence-corrected chi connectivity index (χ2v) is 18.3. The summed E-state index contributed by atoms with van der Waals surface area (Å²) in [7, 11) is 0. The summed E-state index contributed by atoms with van der Waals surface area (Å²) in [4.78, 5) is 11.0. The maximum atomic E-state index is 6.85. The van der Waals surface area contributed by atoms with Crippen LogP contribution in [-0.4, -0.2) is 19.1 Å². The molecule has 0 N–H and O–H groups in total. The molecule has 0 radical (unpaired) electrons. The summed E-state index contributed by atoms with van der Waals surface area (Å²) in [5.41, 5.74) is 14.6. The van der Waals surface area contributed by atoms with Gasteiger partial charge in [-0.3, -0.25) is 4.57 Å². The van der Waals surface area contributed by atoms with E-state index in [4.69, 9.17) is 14.4 Å². The zero-order chi connectivity index (χ0) is 44.3. The van der Waals surface area contributed by atoms with Crippen molar-refractivity contribution < 1.29 is 4.42 Å². The van der Waals surface area contributed by atoms with Crippen LogP contribution < -0.4 is 0 Å². The van der Waals surface area contributed by atoms with Crippen LogP contribution in [-0.2, 0) is 0 Å². The first-order valence-electron chi connectivity index (χ1n) is 22.6. The maximum absolute atomic E-state index is 6.85. The van der Waals surface area contributed by atoms with E-state index in [1.807, 2.05) is 6.08 Å². The molecule has 0 saturated carbocycles. The van der Waals surface area contributed by atoms with Crippen molar-refractivity contribution in [2.24, 2.45) is 0 Å². The zero-order valence-electron chi connectivity index (χ0n) is 36.4. The Kier molecular flexibility index (Phi) is 8.15. The Morgan fingerprint density at radius 1 is 0.537 bits per heavy atom. The molecule has 314 valence electrons. The van der Waals surface area contributed by atoms with Gasteiger partial charge in [0.1, 0.15) is 11.2 Å². The Balaban J connectivity index is 1.09. The lowest BCUT2D eigenvalue weighted by Crippen LogP contribution is -2.02. The summed E-state index contributed by atoms with van der Waals surface area (Å²) >= 11 is 1.75. The van der Waals surface area contributed by atoms with E-state index >= 15 is 0 Å². The number of para-hydroxylation sites is 1. The molecule has 6 heteroatoms. The molecule has 14 rings (SSSR count). The highest BCUT2D eigenvalue weighted by molar-refractivity contribution is 7.26. The van der Waals surface area contributed by atoms with Crippen LogP contribution in [0.3, 0.4) is 0 Å². The van der Waals surface area contributed by atoms with Gasteiger partial charge in [0.2, 0.25) is 5.95 Å². The lowest BCUT2D eigenvalue weighted by atomic mass is 9.96. The fourth-order valence-electron chi connectivity index (χ4n) is 10.7. The van der Waals surface area contributed by atoms with Crippen molar-refractivity contribution in [3.05, 3.63) is 206 Å². The van der Waals surface area contributed by atoms with Crippen molar-refractivity contribution in [2.45, 2.75) is 6.92 Å². The van der Waals surface area contributed by atoms with E-state index in [1.54, 1.807) is 11.3 Å². The summed E-state index contributed by atoms with van der Waals surface area (Å²) in [5.74, 6) is 0.630. The highest BCUT2D eigenvalue weighted by Crippen LogP contribution is 2.46. The third-order valence-electron chi connectivity index (χ3n) is 13.6. The van der Waals surface area contributed by atoms with Gasteiger partial charge in [-0.1, -0.05) is 140 Å². The van der Waals surface area contributed by atoms with Crippen LogP contribution in [0.4, 0.5) is 0 Å².